The summed E-state index contributed by atoms with van der Waals surface area (Å²) in [7, 11) is 0. The first kappa shape index (κ1) is 31.4. The number of hydrogen-bond acceptors (Lipinski definition) is 3. The van der Waals surface area contributed by atoms with Gasteiger partial charge >= 0.3 is 11.9 Å². The Balaban J connectivity index is 3.46. The number of carboxylic acids is 1. The second kappa shape index (κ2) is 25.1. The summed E-state index contributed by atoms with van der Waals surface area (Å²) in [6, 6.07) is 0. The maximum atomic E-state index is 11.9. The molecule has 1 atom stereocenters. The van der Waals surface area contributed by atoms with Crippen LogP contribution in [0.15, 0.2) is 24.8 Å². The molecule has 0 aliphatic rings. The van der Waals surface area contributed by atoms with Crippen molar-refractivity contribution in [2.45, 2.75) is 135 Å². The number of rotatable bonds is 25. The van der Waals surface area contributed by atoms with Crippen LogP contribution < -0.4 is 0 Å². The molecule has 4 heteroatoms. The molecular weight excluding hydrogens is 412 g/mol. The van der Waals surface area contributed by atoms with E-state index in [0.717, 1.165) is 19.3 Å². The molecule has 1 unspecified atom stereocenters. The fourth-order valence-electron chi connectivity index (χ4n) is 4.12. The molecule has 0 heterocycles. The number of allylic oxidation sites excluding steroid dienone is 2. The lowest BCUT2D eigenvalue weighted by Crippen LogP contribution is -2.21. The Bertz CT molecular complexity index is 498. The summed E-state index contributed by atoms with van der Waals surface area (Å²) in [5.41, 5.74) is 0. The highest BCUT2D eigenvalue weighted by Crippen LogP contribution is 2.18. The highest BCUT2D eigenvalue weighted by Gasteiger charge is 2.22. The second-order valence-electron chi connectivity index (χ2n) is 9.35. The molecule has 0 bridgehead atoms. The zero-order valence-corrected chi connectivity index (χ0v) is 21.5. The largest absolute Gasteiger partial charge is 0.481 e. The van der Waals surface area contributed by atoms with Gasteiger partial charge in [-0.3, -0.25) is 9.59 Å². The van der Waals surface area contributed by atoms with E-state index in [0.29, 0.717) is 6.42 Å². The molecule has 0 saturated heterocycles. The molecule has 0 aromatic heterocycles. The Morgan fingerprint density at radius 1 is 0.758 bits per heavy atom. The standard InChI is InChI=1S/C29H52O4/c1-3-5-6-7-8-9-10-11-12-13-14-15-16-17-18-19-20-21-22-23-24-27(26-28(30)31)29(32)33-25-4-2/h4,11-12,27H,2-3,5-10,13-26H2,1H3,(H,30,31)/b12-11+. The van der Waals surface area contributed by atoms with Gasteiger partial charge in [-0.05, 0) is 32.1 Å². The summed E-state index contributed by atoms with van der Waals surface area (Å²) >= 11 is 0. The number of ether oxygens (including phenoxy) is 1. The molecule has 1 N–H and O–H groups in total. The van der Waals surface area contributed by atoms with Crippen molar-refractivity contribution in [2.75, 3.05) is 6.61 Å². The van der Waals surface area contributed by atoms with Gasteiger partial charge in [0.15, 0.2) is 0 Å². The van der Waals surface area contributed by atoms with Crippen LogP contribution in [0.2, 0.25) is 0 Å². The summed E-state index contributed by atoms with van der Waals surface area (Å²) in [6.45, 7) is 5.93. The van der Waals surface area contributed by atoms with Gasteiger partial charge in [-0.15, -0.1) is 0 Å². The summed E-state index contributed by atoms with van der Waals surface area (Å²) in [6.07, 6.45) is 29.7. The molecule has 0 saturated carbocycles. The molecule has 0 spiro atoms. The van der Waals surface area contributed by atoms with E-state index >= 15 is 0 Å². The third-order valence-corrected chi connectivity index (χ3v) is 6.16. The van der Waals surface area contributed by atoms with Gasteiger partial charge in [-0.2, -0.15) is 0 Å². The van der Waals surface area contributed by atoms with E-state index in [4.69, 9.17) is 9.84 Å². The minimum atomic E-state index is -0.945. The monoisotopic (exact) mass is 464 g/mol. The van der Waals surface area contributed by atoms with Gasteiger partial charge in [0.25, 0.3) is 0 Å². The lowest BCUT2D eigenvalue weighted by molar-refractivity contribution is -0.152. The zero-order valence-electron chi connectivity index (χ0n) is 21.5. The van der Waals surface area contributed by atoms with E-state index in [-0.39, 0.29) is 13.0 Å². The molecule has 33 heavy (non-hydrogen) atoms. The molecule has 0 fully saturated rings. The molecule has 192 valence electrons. The van der Waals surface area contributed by atoms with Crippen molar-refractivity contribution in [3.05, 3.63) is 24.8 Å². The van der Waals surface area contributed by atoms with E-state index in [9.17, 15) is 9.59 Å². The highest BCUT2D eigenvalue weighted by molar-refractivity contribution is 5.79. The minimum Gasteiger partial charge on any atom is -0.481 e. The molecular formula is C29H52O4. The Kier molecular flexibility index (Phi) is 23.9. The number of carbonyl (C=O) groups is 2. The first-order valence-corrected chi connectivity index (χ1v) is 13.8. The third-order valence-electron chi connectivity index (χ3n) is 6.16. The van der Waals surface area contributed by atoms with Crippen LogP contribution in [0.3, 0.4) is 0 Å². The van der Waals surface area contributed by atoms with Gasteiger partial charge in [-0.1, -0.05) is 122 Å². The quantitative estimate of drug-likeness (QED) is 0.0832. The Morgan fingerprint density at radius 3 is 1.67 bits per heavy atom. The summed E-state index contributed by atoms with van der Waals surface area (Å²) < 4.78 is 5.02. The van der Waals surface area contributed by atoms with Crippen LogP contribution in [0.4, 0.5) is 0 Å². The minimum absolute atomic E-state index is 0.144. The molecule has 0 aromatic carbocycles. The summed E-state index contributed by atoms with van der Waals surface area (Å²) in [4.78, 5) is 22.9. The van der Waals surface area contributed by atoms with Crippen molar-refractivity contribution in [3.8, 4) is 0 Å². The van der Waals surface area contributed by atoms with Crippen LogP contribution in [0.25, 0.3) is 0 Å². The Hall–Kier alpha value is -1.58. The van der Waals surface area contributed by atoms with E-state index in [1.165, 1.54) is 102 Å². The number of aliphatic carboxylic acids is 1. The van der Waals surface area contributed by atoms with Gasteiger partial charge < -0.3 is 9.84 Å². The van der Waals surface area contributed by atoms with Crippen molar-refractivity contribution >= 4 is 11.9 Å². The zero-order chi connectivity index (χ0) is 24.4. The lowest BCUT2D eigenvalue weighted by Gasteiger charge is -2.13. The smallest absolute Gasteiger partial charge is 0.309 e. The molecule has 0 amide bonds. The van der Waals surface area contributed by atoms with Crippen molar-refractivity contribution < 1.29 is 19.4 Å². The predicted octanol–water partition coefficient (Wildman–Crippen LogP) is 8.79. The molecule has 0 aliphatic carbocycles. The fourth-order valence-corrected chi connectivity index (χ4v) is 4.12. The van der Waals surface area contributed by atoms with E-state index in [1.807, 2.05) is 0 Å². The van der Waals surface area contributed by atoms with Crippen LogP contribution in [0.5, 0.6) is 0 Å². The Morgan fingerprint density at radius 2 is 1.21 bits per heavy atom. The van der Waals surface area contributed by atoms with Gasteiger partial charge in [0.05, 0.1) is 12.3 Å². The van der Waals surface area contributed by atoms with Crippen LogP contribution in [0, 0.1) is 5.92 Å². The Labute approximate surface area is 204 Å². The van der Waals surface area contributed by atoms with E-state index < -0.39 is 17.9 Å². The second-order valence-corrected chi connectivity index (χ2v) is 9.35. The van der Waals surface area contributed by atoms with Crippen LogP contribution >= 0.6 is 0 Å². The molecule has 4 nitrogen and oxygen atoms in total. The first-order chi connectivity index (χ1) is 16.1. The average molecular weight is 465 g/mol. The highest BCUT2D eigenvalue weighted by atomic mass is 16.5. The topological polar surface area (TPSA) is 63.6 Å². The maximum Gasteiger partial charge on any atom is 0.309 e. The predicted molar refractivity (Wildman–Crippen MR) is 139 cm³/mol. The summed E-state index contributed by atoms with van der Waals surface area (Å²) in [5.74, 6) is -1.89. The molecule has 0 aliphatic heterocycles. The van der Waals surface area contributed by atoms with E-state index in [2.05, 4.69) is 25.7 Å². The van der Waals surface area contributed by atoms with E-state index in [1.54, 1.807) is 0 Å². The van der Waals surface area contributed by atoms with Gasteiger partial charge in [-0.25, -0.2) is 0 Å². The van der Waals surface area contributed by atoms with Crippen molar-refractivity contribution in [3.63, 3.8) is 0 Å². The fraction of sp³-hybridized carbons (Fsp3) is 0.793. The number of hydrogen-bond donors (Lipinski definition) is 1. The first-order valence-electron chi connectivity index (χ1n) is 13.8. The van der Waals surface area contributed by atoms with Crippen LogP contribution in [-0.4, -0.2) is 23.7 Å². The summed E-state index contributed by atoms with van der Waals surface area (Å²) in [5, 5.41) is 8.99. The lowest BCUT2D eigenvalue weighted by atomic mass is 9.97. The van der Waals surface area contributed by atoms with Gasteiger partial charge in [0.2, 0.25) is 0 Å². The number of carbonyl (C=O) groups excluding carboxylic acids is 1. The maximum absolute atomic E-state index is 11.9. The normalized spacial score (nSPS) is 12.2. The van der Waals surface area contributed by atoms with Crippen LogP contribution in [0.1, 0.15) is 135 Å². The van der Waals surface area contributed by atoms with Crippen molar-refractivity contribution in [1.82, 2.24) is 0 Å². The van der Waals surface area contributed by atoms with Crippen LogP contribution in [-0.2, 0) is 14.3 Å². The van der Waals surface area contributed by atoms with Crippen molar-refractivity contribution in [2.24, 2.45) is 5.92 Å². The van der Waals surface area contributed by atoms with Crippen molar-refractivity contribution in [1.29, 1.82) is 0 Å². The number of unbranched alkanes of at least 4 members (excludes halogenated alkanes) is 16. The SMILES string of the molecule is C=CCOC(=O)C(CCCCCCCCCCCC/C=C/CCCCCCCC)CC(=O)O. The number of carboxylic acid groups (broad SMARTS) is 1. The molecule has 0 radical (unpaired) electrons. The van der Waals surface area contributed by atoms with Gasteiger partial charge in [0.1, 0.15) is 6.61 Å². The molecule has 0 aromatic rings. The molecule has 0 rings (SSSR count). The number of esters is 1. The van der Waals surface area contributed by atoms with Gasteiger partial charge in [0, 0.05) is 0 Å². The third kappa shape index (κ3) is 23.4. The average Bonchev–Trinajstić information content (AvgIpc) is 2.80.